The number of hydrogen-bond donors (Lipinski definition) is 1. The Bertz CT molecular complexity index is 722. The van der Waals surface area contributed by atoms with Gasteiger partial charge >= 0.3 is 0 Å². The lowest BCUT2D eigenvalue weighted by Gasteiger charge is -2.13. The summed E-state index contributed by atoms with van der Waals surface area (Å²) < 4.78 is 0. The maximum absolute atomic E-state index is 6.10. The Morgan fingerprint density at radius 1 is 0.857 bits per heavy atom. The Morgan fingerprint density at radius 2 is 1.43 bits per heavy atom. The molecule has 0 amide bonds. The highest BCUT2D eigenvalue weighted by atomic mass is 32.1. The molecule has 3 aromatic rings. The lowest BCUT2D eigenvalue weighted by Crippen LogP contribution is -2.28. The zero-order chi connectivity index (χ0) is 14.9. The third kappa shape index (κ3) is 3.04. The van der Waals surface area contributed by atoms with Crippen molar-refractivity contribution in [1.82, 2.24) is 4.98 Å². The van der Waals surface area contributed by atoms with Gasteiger partial charge in [0, 0.05) is 10.9 Å². The zero-order valence-electron chi connectivity index (χ0n) is 12.2. The van der Waals surface area contributed by atoms with E-state index in [0.29, 0.717) is 0 Å². The van der Waals surface area contributed by atoms with Crippen molar-refractivity contribution in [2.75, 3.05) is 0 Å². The highest BCUT2D eigenvalue weighted by molar-refractivity contribution is 7.10. The van der Waals surface area contributed by atoms with Crippen molar-refractivity contribution in [3.05, 3.63) is 65.0 Å². The molecule has 2 aromatic carbocycles. The van der Waals surface area contributed by atoms with Crippen molar-refractivity contribution >= 4 is 11.3 Å². The van der Waals surface area contributed by atoms with Gasteiger partial charge in [0.2, 0.25) is 0 Å². The average Bonchev–Trinajstić information content (AvgIpc) is 2.98. The van der Waals surface area contributed by atoms with Gasteiger partial charge in [0.05, 0.1) is 11.2 Å². The van der Waals surface area contributed by atoms with Crippen LogP contribution in [0.2, 0.25) is 0 Å². The summed E-state index contributed by atoms with van der Waals surface area (Å²) in [7, 11) is 0. The lowest BCUT2D eigenvalue weighted by atomic mass is 10.0. The normalized spacial score (nSPS) is 11.6. The van der Waals surface area contributed by atoms with E-state index < -0.39 is 0 Å². The summed E-state index contributed by atoms with van der Waals surface area (Å²) >= 11 is 1.62. The molecule has 0 bridgehead atoms. The quantitative estimate of drug-likeness (QED) is 0.762. The molecule has 1 heterocycles. The van der Waals surface area contributed by atoms with Crippen LogP contribution in [0.15, 0.2) is 60.0 Å². The van der Waals surface area contributed by atoms with E-state index in [1.54, 1.807) is 11.3 Å². The summed E-state index contributed by atoms with van der Waals surface area (Å²) in [5.74, 6) is 0. The molecule has 2 N–H and O–H groups in total. The van der Waals surface area contributed by atoms with Gasteiger partial charge in [0.1, 0.15) is 5.01 Å². The number of rotatable bonds is 3. The van der Waals surface area contributed by atoms with Crippen LogP contribution in [-0.2, 0) is 5.54 Å². The minimum absolute atomic E-state index is 0.382. The summed E-state index contributed by atoms with van der Waals surface area (Å²) in [4.78, 5) is 4.65. The van der Waals surface area contributed by atoms with E-state index in [2.05, 4.69) is 58.9 Å². The largest absolute Gasteiger partial charge is 0.320 e. The van der Waals surface area contributed by atoms with Crippen molar-refractivity contribution in [1.29, 1.82) is 0 Å². The van der Waals surface area contributed by atoms with Crippen LogP contribution < -0.4 is 5.73 Å². The van der Waals surface area contributed by atoms with Crippen molar-refractivity contribution < 1.29 is 0 Å². The number of hydrogen-bond acceptors (Lipinski definition) is 3. The molecule has 2 nitrogen and oxygen atoms in total. The first-order chi connectivity index (χ1) is 10.0. The fourth-order valence-electron chi connectivity index (χ4n) is 2.17. The van der Waals surface area contributed by atoms with Crippen LogP contribution in [0.25, 0.3) is 22.4 Å². The Morgan fingerprint density at radius 3 is 2.00 bits per heavy atom. The summed E-state index contributed by atoms with van der Waals surface area (Å²) in [5, 5.41) is 3.03. The molecular formula is C18H18N2S. The van der Waals surface area contributed by atoms with Crippen LogP contribution in [0.4, 0.5) is 0 Å². The van der Waals surface area contributed by atoms with E-state index in [1.807, 2.05) is 19.9 Å². The molecule has 0 radical (unpaired) electrons. The van der Waals surface area contributed by atoms with E-state index in [-0.39, 0.29) is 5.54 Å². The van der Waals surface area contributed by atoms with Crippen LogP contribution in [0.3, 0.4) is 0 Å². The second-order valence-corrected chi connectivity index (χ2v) is 6.56. The highest BCUT2D eigenvalue weighted by Gasteiger charge is 2.18. The molecule has 3 rings (SSSR count). The number of nitrogens with zero attached hydrogens (tertiary/aromatic N) is 1. The summed E-state index contributed by atoms with van der Waals surface area (Å²) in [6, 6.07) is 18.9. The fourth-order valence-corrected chi connectivity index (χ4v) is 3.03. The predicted molar refractivity (Wildman–Crippen MR) is 90.2 cm³/mol. The molecule has 0 unspecified atom stereocenters. The molecule has 0 saturated heterocycles. The SMILES string of the molecule is CC(C)(N)c1nc(-c2ccc(-c3ccccc3)cc2)cs1. The van der Waals surface area contributed by atoms with Crippen molar-refractivity contribution in [2.24, 2.45) is 5.73 Å². The minimum Gasteiger partial charge on any atom is -0.320 e. The van der Waals surface area contributed by atoms with Crippen LogP contribution in [0.1, 0.15) is 18.9 Å². The average molecular weight is 294 g/mol. The third-order valence-electron chi connectivity index (χ3n) is 3.34. The Hall–Kier alpha value is -1.97. The first kappa shape index (κ1) is 14.0. The number of aromatic nitrogens is 1. The number of thiazole rings is 1. The first-order valence-corrected chi connectivity index (χ1v) is 7.83. The molecule has 3 heteroatoms. The summed E-state index contributed by atoms with van der Waals surface area (Å²) in [5.41, 5.74) is 10.3. The van der Waals surface area contributed by atoms with Gasteiger partial charge in [-0.15, -0.1) is 11.3 Å². The third-order valence-corrected chi connectivity index (χ3v) is 4.52. The van der Waals surface area contributed by atoms with Gasteiger partial charge in [-0.2, -0.15) is 0 Å². The molecule has 0 aliphatic rings. The van der Waals surface area contributed by atoms with E-state index in [1.165, 1.54) is 11.1 Å². The minimum atomic E-state index is -0.382. The molecule has 0 spiro atoms. The molecule has 0 aliphatic heterocycles. The second-order valence-electron chi connectivity index (χ2n) is 5.70. The molecule has 0 saturated carbocycles. The fraction of sp³-hybridized carbons (Fsp3) is 0.167. The molecule has 0 aliphatic carbocycles. The number of nitrogens with two attached hydrogens (primary N) is 1. The van der Waals surface area contributed by atoms with E-state index in [9.17, 15) is 0 Å². The van der Waals surface area contributed by atoms with E-state index >= 15 is 0 Å². The van der Waals surface area contributed by atoms with Crippen molar-refractivity contribution in [3.63, 3.8) is 0 Å². The van der Waals surface area contributed by atoms with Crippen LogP contribution in [0.5, 0.6) is 0 Å². The van der Waals surface area contributed by atoms with Crippen LogP contribution in [-0.4, -0.2) is 4.98 Å². The van der Waals surface area contributed by atoms with Gasteiger partial charge in [0.25, 0.3) is 0 Å². The lowest BCUT2D eigenvalue weighted by molar-refractivity contribution is 0.551. The monoisotopic (exact) mass is 294 g/mol. The number of benzene rings is 2. The summed E-state index contributed by atoms with van der Waals surface area (Å²) in [6.07, 6.45) is 0. The van der Waals surface area contributed by atoms with Gasteiger partial charge in [0.15, 0.2) is 0 Å². The van der Waals surface area contributed by atoms with Crippen molar-refractivity contribution in [3.8, 4) is 22.4 Å². The summed E-state index contributed by atoms with van der Waals surface area (Å²) in [6.45, 7) is 3.96. The topological polar surface area (TPSA) is 38.9 Å². The van der Waals surface area contributed by atoms with Gasteiger partial charge in [-0.05, 0) is 25.0 Å². The van der Waals surface area contributed by atoms with E-state index in [4.69, 9.17) is 5.73 Å². The molecular weight excluding hydrogens is 276 g/mol. The van der Waals surface area contributed by atoms with Crippen molar-refractivity contribution in [2.45, 2.75) is 19.4 Å². The Balaban J connectivity index is 1.89. The van der Waals surface area contributed by atoms with E-state index in [0.717, 1.165) is 16.3 Å². The maximum atomic E-state index is 6.10. The van der Waals surface area contributed by atoms with Crippen LogP contribution >= 0.6 is 11.3 Å². The maximum Gasteiger partial charge on any atom is 0.113 e. The standard InChI is InChI=1S/C18H18N2S/c1-18(2,19)17-20-16(12-21-17)15-10-8-14(9-11-15)13-6-4-3-5-7-13/h3-12H,19H2,1-2H3. The zero-order valence-corrected chi connectivity index (χ0v) is 13.0. The molecule has 0 fully saturated rings. The first-order valence-electron chi connectivity index (χ1n) is 6.95. The molecule has 106 valence electrons. The molecule has 1 aromatic heterocycles. The molecule has 21 heavy (non-hydrogen) atoms. The Labute approximate surface area is 129 Å². The highest BCUT2D eigenvalue weighted by Crippen LogP contribution is 2.28. The van der Waals surface area contributed by atoms with Crippen LogP contribution in [0, 0.1) is 0 Å². The predicted octanol–water partition coefficient (Wildman–Crippen LogP) is 4.67. The Kier molecular flexibility index (Phi) is 3.62. The second kappa shape index (κ2) is 5.43. The van der Waals surface area contributed by atoms with Gasteiger partial charge in [-0.25, -0.2) is 4.98 Å². The van der Waals surface area contributed by atoms with Gasteiger partial charge in [-0.1, -0.05) is 54.6 Å². The molecule has 0 atom stereocenters. The van der Waals surface area contributed by atoms with Gasteiger partial charge in [-0.3, -0.25) is 0 Å². The smallest absolute Gasteiger partial charge is 0.113 e. The van der Waals surface area contributed by atoms with Gasteiger partial charge < -0.3 is 5.73 Å².